The maximum atomic E-state index is 6.34. The third kappa shape index (κ3) is 9.03. The van der Waals surface area contributed by atoms with Crippen LogP contribution in [0.5, 0.6) is 0 Å². The summed E-state index contributed by atoms with van der Waals surface area (Å²) in [7, 11) is -1.77. The molecule has 0 heterocycles. The van der Waals surface area contributed by atoms with Crippen LogP contribution in [-0.4, -0.2) is 21.0 Å². The van der Waals surface area contributed by atoms with Gasteiger partial charge in [-0.05, 0) is 43.0 Å². The van der Waals surface area contributed by atoms with Crippen LogP contribution < -0.4 is 0 Å². The Morgan fingerprint density at radius 3 is 2.23 bits per heavy atom. The summed E-state index contributed by atoms with van der Waals surface area (Å²) < 4.78 is 12.1. The van der Waals surface area contributed by atoms with Gasteiger partial charge in [0.15, 0.2) is 8.32 Å². The molecule has 0 amide bonds. The van der Waals surface area contributed by atoms with Gasteiger partial charge < -0.3 is 9.16 Å². The number of hydrogen-bond donors (Lipinski definition) is 0. The number of terminal acetylenes is 1. The van der Waals surface area contributed by atoms with Crippen molar-refractivity contribution in [3.05, 3.63) is 35.9 Å². The van der Waals surface area contributed by atoms with Crippen LogP contribution in [0, 0.1) is 12.3 Å². The van der Waals surface area contributed by atoms with Crippen molar-refractivity contribution in [3.63, 3.8) is 0 Å². The zero-order chi connectivity index (χ0) is 19.5. The fraction of sp³-hybridized carbons (Fsp3) is 0.652. The summed E-state index contributed by atoms with van der Waals surface area (Å²) in [5.41, 5.74) is 1.24. The fourth-order valence-electron chi connectivity index (χ4n) is 2.54. The Morgan fingerprint density at radius 1 is 1.00 bits per heavy atom. The van der Waals surface area contributed by atoms with E-state index in [4.69, 9.17) is 15.6 Å². The summed E-state index contributed by atoms with van der Waals surface area (Å²) in [6, 6.07) is 10.3. The smallest absolute Gasteiger partial charge is 0.193 e. The molecule has 0 saturated carbocycles. The number of ether oxygens (including phenoxy) is 1. The monoisotopic (exact) mass is 374 g/mol. The molecular weight excluding hydrogens is 336 g/mol. The Balaban J connectivity index is 2.06. The van der Waals surface area contributed by atoms with E-state index in [9.17, 15) is 0 Å². The lowest BCUT2D eigenvalue weighted by Crippen LogP contribution is -2.43. The molecule has 0 aromatic heterocycles. The van der Waals surface area contributed by atoms with Crippen LogP contribution in [0.4, 0.5) is 0 Å². The molecule has 0 unspecified atom stereocenters. The van der Waals surface area contributed by atoms with Crippen molar-refractivity contribution in [2.75, 3.05) is 6.61 Å². The van der Waals surface area contributed by atoms with Gasteiger partial charge in [-0.25, -0.2) is 0 Å². The van der Waals surface area contributed by atoms with Crippen molar-refractivity contribution >= 4 is 8.32 Å². The van der Waals surface area contributed by atoms with E-state index in [0.29, 0.717) is 0 Å². The number of benzene rings is 1. The molecule has 0 N–H and O–H groups in total. The maximum absolute atomic E-state index is 6.34. The minimum atomic E-state index is -1.77. The number of rotatable bonds is 12. The highest BCUT2D eigenvalue weighted by Gasteiger charge is 2.38. The van der Waals surface area contributed by atoms with Gasteiger partial charge in [0.05, 0.1) is 6.61 Å². The third-order valence-corrected chi connectivity index (χ3v) is 9.78. The molecule has 0 aliphatic heterocycles. The van der Waals surface area contributed by atoms with E-state index in [2.05, 4.69) is 64.1 Å². The summed E-state index contributed by atoms with van der Waals surface area (Å²) in [6.45, 7) is 12.9. The maximum Gasteiger partial charge on any atom is 0.193 e. The van der Waals surface area contributed by atoms with Crippen LogP contribution >= 0.6 is 0 Å². The predicted molar refractivity (Wildman–Crippen MR) is 115 cm³/mol. The normalized spacial score (nSPS) is 13.4. The molecule has 146 valence electrons. The van der Waals surface area contributed by atoms with E-state index >= 15 is 0 Å². The molecular formula is C23H38O2Si. The van der Waals surface area contributed by atoms with Gasteiger partial charge in [-0.2, -0.15) is 0 Å². The van der Waals surface area contributed by atoms with Gasteiger partial charge in [-0.1, -0.05) is 76.3 Å². The molecule has 3 heteroatoms. The second-order valence-electron chi connectivity index (χ2n) is 8.63. The molecule has 0 aliphatic rings. The predicted octanol–water partition coefficient (Wildman–Crippen LogP) is 6.57. The summed E-state index contributed by atoms with van der Waals surface area (Å²) in [6.07, 6.45) is 12.6. The van der Waals surface area contributed by atoms with Crippen molar-refractivity contribution in [2.24, 2.45) is 0 Å². The first-order chi connectivity index (χ1) is 12.3. The molecule has 1 aromatic rings. The average Bonchev–Trinajstić information content (AvgIpc) is 2.59. The van der Waals surface area contributed by atoms with Gasteiger partial charge in [-0.15, -0.1) is 6.42 Å². The summed E-state index contributed by atoms with van der Waals surface area (Å²) in [5, 5.41) is 0.210. The van der Waals surface area contributed by atoms with Crippen molar-refractivity contribution < 1.29 is 9.16 Å². The molecule has 0 saturated heterocycles. The molecule has 0 fully saturated rings. The van der Waals surface area contributed by atoms with E-state index in [1.807, 2.05) is 6.07 Å². The van der Waals surface area contributed by atoms with E-state index in [0.717, 1.165) is 32.5 Å². The Morgan fingerprint density at radius 2 is 1.62 bits per heavy atom. The molecule has 0 radical (unpaired) electrons. The minimum absolute atomic E-state index is 0.0231. The van der Waals surface area contributed by atoms with Gasteiger partial charge >= 0.3 is 0 Å². The molecule has 1 rings (SSSR count). The minimum Gasteiger partial charge on any atom is -0.403 e. The Hall–Kier alpha value is -1.08. The van der Waals surface area contributed by atoms with Gasteiger partial charge in [0.1, 0.15) is 6.10 Å². The van der Waals surface area contributed by atoms with Crippen molar-refractivity contribution in [2.45, 2.75) is 90.1 Å². The van der Waals surface area contributed by atoms with Crippen molar-refractivity contribution in [1.29, 1.82) is 0 Å². The Bertz CT molecular complexity index is 525. The number of unbranched alkanes of at least 4 members (excludes halogenated alkanes) is 4. The zero-order valence-corrected chi connectivity index (χ0v) is 18.5. The molecule has 26 heavy (non-hydrogen) atoms. The third-order valence-electron chi connectivity index (χ3n) is 5.30. The van der Waals surface area contributed by atoms with Crippen molar-refractivity contribution in [1.82, 2.24) is 0 Å². The first kappa shape index (κ1) is 23.0. The van der Waals surface area contributed by atoms with Crippen LogP contribution in [-0.2, 0) is 15.8 Å². The zero-order valence-electron chi connectivity index (χ0n) is 17.5. The van der Waals surface area contributed by atoms with Gasteiger partial charge in [0.2, 0.25) is 0 Å². The highest BCUT2D eigenvalue weighted by molar-refractivity contribution is 6.74. The van der Waals surface area contributed by atoms with Crippen molar-refractivity contribution in [3.8, 4) is 12.3 Å². The highest BCUT2D eigenvalue weighted by atomic mass is 28.4. The van der Waals surface area contributed by atoms with Crippen LogP contribution in [0.1, 0.15) is 64.9 Å². The first-order valence-corrected chi connectivity index (χ1v) is 12.9. The van der Waals surface area contributed by atoms with Crippen LogP contribution in [0.15, 0.2) is 30.3 Å². The van der Waals surface area contributed by atoms with Gasteiger partial charge in [0.25, 0.3) is 0 Å². The first-order valence-electron chi connectivity index (χ1n) is 10.0. The second kappa shape index (κ2) is 11.6. The molecule has 0 spiro atoms. The largest absolute Gasteiger partial charge is 0.403 e. The van der Waals surface area contributed by atoms with Gasteiger partial charge in [0, 0.05) is 6.61 Å². The molecule has 0 bridgehead atoms. The highest BCUT2D eigenvalue weighted by Crippen LogP contribution is 2.37. The van der Waals surface area contributed by atoms with E-state index < -0.39 is 8.32 Å². The van der Waals surface area contributed by atoms with E-state index in [1.165, 1.54) is 24.8 Å². The average molecular weight is 375 g/mol. The summed E-state index contributed by atoms with van der Waals surface area (Å²) in [5.74, 6) is 2.86. The lowest BCUT2D eigenvalue weighted by atomic mass is 10.1. The quantitative estimate of drug-likeness (QED) is 0.234. The summed E-state index contributed by atoms with van der Waals surface area (Å²) >= 11 is 0. The SMILES string of the molecule is C#C[C@@H](CCCCCCCOCc1ccccc1)O[Si](C)(C)C(C)(C)C. The standard InChI is InChI=1S/C23H38O2Si/c1-7-22(25-26(5,6)23(2,3)4)18-14-9-8-10-15-19-24-20-21-16-12-11-13-17-21/h1,11-13,16-17,22H,8-10,14-15,18-20H2,2-6H3/t22-/m0/s1. The lowest BCUT2D eigenvalue weighted by Gasteiger charge is -2.38. The van der Waals surface area contributed by atoms with Crippen LogP contribution in [0.25, 0.3) is 0 Å². The fourth-order valence-corrected chi connectivity index (χ4v) is 3.79. The topological polar surface area (TPSA) is 18.5 Å². The van der Waals surface area contributed by atoms with Gasteiger partial charge in [-0.3, -0.25) is 0 Å². The molecule has 1 atom stereocenters. The van der Waals surface area contributed by atoms with E-state index in [1.54, 1.807) is 0 Å². The lowest BCUT2D eigenvalue weighted by molar-refractivity contribution is 0.116. The Labute approximate surface area is 162 Å². The summed E-state index contributed by atoms with van der Waals surface area (Å²) in [4.78, 5) is 0. The molecule has 2 nitrogen and oxygen atoms in total. The Kier molecular flexibility index (Phi) is 10.2. The molecule has 1 aromatic carbocycles. The van der Waals surface area contributed by atoms with Crippen LogP contribution in [0.3, 0.4) is 0 Å². The van der Waals surface area contributed by atoms with E-state index in [-0.39, 0.29) is 11.1 Å². The molecule has 0 aliphatic carbocycles. The number of hydrogen-bond acceptors (Lipinski definition) is 2. The van der Waals surface area contributed by atoms with Crippen LogP contribution in [0.2, 0.25) is 18.1 Å². The second-order valence-corrected chi connectivity index (χ2v) is 13.4.